The van der Waals surface area contributed by atoms with Crippen molar-refractivity contribution in [1.82, 2.24) is 10.6 Å². The highest BCUT2D eigenvalue weighted by Gasteiger charge is 2.44. The zero-order valence-electron chi connectivity index (χ0n) is 21.4. The molecule has 2 rings (SSSR count). The molecule has 0 aliphatic heterocycles. The number of nitrogens with one attached hydrogen (secondary N) is 2. The number of amides is 1. The van der Waals surface area contributed by atoms with Crippen LogP contribution in [0.2, 0.25) is 0 Å². The molecule has 0 spiro atoms. The van der Waals surface area contributed by atoms with Gasteiger partial charge in [-0.05, 0) is 61.9 Å². The van der Waals surface area contributed by atoms with Gasteiger partial charge in [0.1, 0.15) is 6.17 Å². The van der Waals surface area contributed by atoms with Crippen LogP contribution in [0, 0.1) is 17.3 Å². The molecule has 2 aliphatic rings. The number of rotatable bonds is 8. The molecule has 0 saturated heterocycles. The molecular weight excluding hydrogens is 472 g/mol. The lowest BCUT2D eigenvalue weighted by molar-refractivity contribution is -0.119. The molecule has 192 valence electrons. The molecule has 7 heteroatoms. The first-order chi connectivity index (χ1) is 16.1. The van der Waals surface area contributed by atoms with Crippen molar-refractivity contribution in [1.29, 1.82) is 0 Å². The van der Waals surface area contributed by atoms with Crippen LogP contribution in [0.1, 0.15) is 72.1 Å². The second-order valence-corrected chi connectivity index (χ2v) is 11.0. The zero-order chi connectivity index (χ0) is 25.3. The SMILES string of the molecule is CN=C/C(Cl)=C(NC)/C(=C/C=C(\C)C(=O)N[C@@H]1C[C@@H](C)CCC[C@H]1C1(C)CCCC(F)C1)CCl. The minimum Gasteiger partial charge on any atom is -0.387 e. The summed E-state index contributed by atoms with van der Waals surface area (Å²) in [5, 5.41) is 6.85. The Kier molecular flexibility index (Phi) is 11.6. The molecule has 0 aromatic rings. The second kappa shape index (κ2) is 13.7. The first-order valence-electron chi connectivity index (χ1n) is 12.5. The first-order valence-corrected chi connectivity index (χ1v) is 13.4. The fourth-order valence-electron chi connectivity index (χ4n) is 5.76. The van der Waals surface area contributed by atoms with E-state index in [1.807, 2.05) is 13.0 Å². The average molecular weight is 515 g/mol. The first kappa shape index (κ1) is 28.9. The molecule has 0 heterocycles. The molecule has 2 unspecified atom stereocenters. The molecule has 2 fully saturated rings. The van der Waals surface area contributed by atoms with Crippen LogP contribution >= 0.6 is 23.2 Å². The van der Waals surface area contributed by atoms with E-state index in [1.165, 1.54) is 0 Å². The smallest absolute Gasteiger partial charge is 0.247 e. The Morgan fingerprint density at radius 2 is 1.97 bits per heavy atom. The van der Waals surface area contributed by atoms with E-state index in [4.69, 9.17) is 23.2 Å². The number of halogens is 3. The molecule has 4 nitrogen and oxygen atoms in total. The van der Waals surface area contributed by atoms with Crippen molar-refractivity contribution >= 4 is 35.3 Å². The highest BCUT2D eigenvalue weighted by Crippen LogP contribution is 2.48. The van der Waals surface area contributed by atoms with Gasteiger partial charge in [-0.2, -0.15) is 0 Å². The quantitative estimate of drug-likeness (QED) is 0.125. The summed E-state index contributed by atoms with van der Waals surface area (Å²) in [6, 6.07) is 0.0584. The van der Waals surface area contributed by atoms with Gasteiger partial charge >= 0.3 is 0 Å². The van der Waals surface area contributed by atoms with Crippen LogP contribution in [0.5, 0.6) is 0 Å². The lowest BCUT2D eigenvalue weighted by Crippen LogP contribution is -2.48. The van der Waals surface area contributed by atoms with Crippen LogP contribution in [0.25, 0.3) is 0 Å². The zero-order valence-corrected chi connectivity index (χ0v) is 22.9. The van der Waals surface area contributed by atoms with Crippen LogP contribution < -0.4 is 10.6 Å². The Labute approximate surface area is 215 Å². The molecule has 2 saturated carbocycles. The van der Waals surface area contributed by atoms with Crippen molar-refractivity contribution < 1.29 is 9.18 Å². The van der Waals surface area contributed by atoms with Gasteiger partial charge in [0.2, 0.25) is 5.91 Å². The summed E-state index contributed by atoms with van der Waals surface area (Å²) in [6.45, 7) is 6.31. The highest BCUT2D eigenvalue weighted by atomic mass is 35.5. The van der Waals surface area contributed by atoms with Crippen molar-refractivity contribution in [2.75, 3.05) is 20.0 Å². The van der Waals surface area contributed by atoms with E-state index >= 15 is 0 Å². The Hall–Kier alpha value is -1.33. The third-order valence-electron chi connectivity index (χ3n) is 7.61. The van der Waals surface area contributed by atoms with Gasteiger partial charge in [-0.25, -0.2) is 4.39 Å². The van der Waals surface area contributed by atoms with Crippen molar-refractivity contribution in [3.05, 3.63) is 34.0 Å². The van der Waals surface area contributed by atoms with Crippen LogP contribution in [0.3, 0.4) is 0 Å². The van der Waals surface area contributed by atoms with Crippen molar-refractivity contribution in [3.8, 4) is 0 Å². The number of carbonyl (C=O) groups excluding carboxylic acids is 1. The summed E-state index contributed by atoms with van der Waals surface area (Å²) >= 11 is 12.5. The van der Waals surface area contributed by atoms with E-state index in [-0.39, 0.29) is 23.2 Å². The van der Waals surface area contributed by atoms with Crippen LogP contribution in [0.4, 0.5) is 4.39 Å². The molecule has 5 atom stereocenters. The standard InChI is InChI=1S/C27H42Cl2FN3O/c1-18-8-6-10-22(27(3)13-7-9-21(30)15-27)24(14-18)33-26(34)19(2)11-12-20(16-28)25(32-5)23(29)17-31-4/h11-12,17-18,21-22,24,32H,6-10,13-16H2,1-5H3,(H,33,34)/b19-11+,20-12+,25-23+,31-17?/t18-,21?,22+,24+,27?/m0/s1. The molecule has 34 heavy (non-hydrogen) atoms. The van der Waals surface area contributed by atoms with Crippen LogP contribution in [-0.2, 0) is 4.79 Å². The largest absolute Gasteiger partial charge is 0.387 e. The number of aliphatic imine (C=N–C) groups is 1. The molecule has 0 aromatic heterocycles. The normalized spacial score (nSPS) is 32.2. The van der Waals surface area contributed by atoms with Gasteiger partial charge in [-0.15, -0.1) is 11.6 Å². The van der Waals surface area contributed by atoms with Crippen molar-refractivity contribution in [3.63, 3.8) is 0 Å². The number of hydrogen-bond acceptors (Lipinski definition) is 3. The third-order valence-corrected chi connectivity index (χ3v) is 8.18. The monoisotopic (exact) mass is 513 g/mol. The molecule has 2 N–H and O–H groups in total. The fourth-order valence-corrected chi connectivity index (χ4v) is 6.30. The summed E-state index contributed by atoms with van der Waals surface area (Å²) in [7, 11) is 3.42. The van der Waals surface area contributed by atoms with Crippen LogP contribution in [0.15, 0.2) is 39.0 Å². The third kappa shape index (κ3) is 7.84. The molecule has 2 aliphatic carbocycles. The highest BCUT2D eigenvalue weighted by molar-refractivity contribution is 6.40. The maximum absolute atomic E-state index is 14.4. The number of hydrogen-bond donors (Lipinski definition) is 2. The topological polar surface area (TPSA) is 53.5 Å². The Morgan fingerprint density at radius 1 is 1.24 bits per heavy atom. The van der Waals surface area contributed by atoms with E-state index < -0.39 is 6.17 Å². The van der Waals surface area contributed by atoms with E-state index in [2.05, 4.69) is 29.5 Å². The number of alkyl halides is 2. The maximum Gasteiger partial charge on any atom is 0.247 e. The Morgan fingerprint density at radius 3 is 2.59 bits per heavy atom. The maximum atomic E-state index is 14.4. The summed E-state index contributed by atoms with van der Waals surface area (Å²) in [6.07, 6.45) is 12.0. The Bertz CT molecular complexity index is 823. The van der Waals surface area contributed by atoms with E-state index in [0.29, 0.717) is 41.0 Å². The summed E-state index contributed by atoms with van der Waals surface area (Å²) in [4.78, 5) is 17.2. The molecule has 0 bridgehead atoms. The second-order valence-electron chi connectivity index (χ2n) is 10.3. The van der Waals surface area contributed by atoms with E-state index in [0.717, 1.165) is 44.1 Å². The minimum atomic E-state index is -0.726. The van der Waals surface area contributed by atoms with Gasteiger partial charge in [0, 0.05) is 37.8 Å². The van der Waals surface area contributed by atoms with E-state index in [9.17, 15) is 9.18 Å². The van der Waals surface area contributed by atoms with Gasteiger partial charge in [-0.1, -0.05) is 56.9 Å². The van der Waals surface area contributed by atoms with E-state index in [1.54, 1.807) is 26.4 Å². The molecular formula is C27H42Cl2FN3O. The van der Waals surface area contributed by atoms with Gasteiger partial charge < -0.3 is 10.6 Å². The van der Waals surface area contributed by atoms with Gasteiger partial charge in [0.05, 0.1) is 10.7 Å². The predicted octanol–water partition coefficient (Wildman–Crippen LogP) is 6.70. The number of carbonyl (C=O) groups is 1. The lowest BCUT2D eigenvalue weighted by Gasteiger charge is -2.45. The van der Waals surface area contributed by atoms with Gasteiger partial charge in [0.15, 0.2) is 0 Å². The average Bonchev–Trinajstić information content (AvgIpc) is 2.97. The minimum absolute atomic E-state index is 0.0584. The predicted molar refractivity (Wildman–Crippen MR) is 143 cm³/mol. The summed E-state index contributed by atoms with van der Waals surface area (Å²) in [5.74, 6) is 0.996. The number of likely N-dealkylation sites (N-methyl/N-ethyl adjacent to an activating group) is 1. The Balaban J connectivity index is 2.24. The van der Waals surface area contributed by atoms with Crippen LogP contribution in [-0.4, -0.2) is 44.3 Å². The number of nitrogens with zero attached hydrogens (tertiary/aromatic N) is 1. The summed E-state index contributed by atoms with van der Waals surface area (Å²) < 4.78 is 14.4. The molecule has 0 radical (unpaired) electrons. The van der Waals surface area contributed by atoms with Crippen molar-refractivity contribution in [2.45, 2.75) is 84.4 Å². The van der Waals surface area contributed by atoms with Gasteiger partial charge in [0.25, 0.3) is 0 Å². The van der Waals surface area contributed by atoms with Gasteiger partial charge in [-0.3, -0.25) is 9.79 Å². The molecule has 0 aromatic carbocycles. The fraction of sp³-hybridized carbons (Fsp3) is 0.704. The summed E-state index contributed by atoms with van der Waals surface area (Å²) in [5.41, 5.74) is 1.99. The van der Waals surface area contributed by atoms with Crippen molar-refractivity contribution in [2.24, 2.45) is 22.2 Å². The molecule has 1 amide bonds. The lowest BCUT2D eigenvalue weighted by atomic mass is 9.63. The number of allylic oxidation sites excluding steroid dienone is 4.